The van der Waals surface area contributed by atoms with Crippen molar-refractivity contribution in [2.24, 2.45) is 0 Å². The summed E-state index contributed by atoms with van der Waals surface area (Å²) in [4.78, 5) is 52.5. The molecule has 1 saturated heterocycles. The number of carbonyl (C=O) groups is 4. The van der Waals surface area contributed by atoms with E-state index in [1.807, 2.05) is 0 Å². The number of ether oxygens (including phenoxy) is 5. The van der Waals surface area contributed by atoms with Gasteiger partial charge in [-0.1, -0.05) is 12.1 Å². The topological polar surface area (TPSA) is 337 Å². The van der Waals surface area contributed by atoms with Crippen LogP contribution >= 0.6 is 0 Å². The lowest BCUT2D eigenvalue weighted by molar-refractivity contribution is -0.290. The van der Waals surface area contributed by atoms with Crippen LogP contribution in [0.2, 0.25) is 0 Å². The van der Waals surface area contributed by atoms with E-state index < -0.39 is 130 Å². The van der Waals surface area contributed by atoms with Gasteiger partial charge in [0.1, 0.15) is 12.7 Å². The molecule has 0 spiro atoms. The van der Waals surface area contributed by atoms with Crippen molar-refractivity contribution in [1.29, 1.82) is 0 Å². The highest BCUT2D eigenvalue weighted by Gasteiger charge is 2.52. The van der Waals surface area contributed by atoms with E-state index in [2.05, 4.69) is 0 Å². The van der Waals surface area contributed by atoms with Crippen LogP contribution in [-0.4, -0.2) is 117 Å². The van der Waals surface area contributed by atoms with Crippen molar-refractivity contribution < 1.29 is 99.0 Å². The SMILES string of the molecule is O=C(/C=C/c1ccc(O)c(O)c1)OC[C@H]1O[C@@H](OC(=O)/C=C/c2ccc(O)c(O)c2)[C@H](O)[C@@H](OC(=O)c2cc(O)c(O)c(O)c2)[C@@H]1OC(=O)c1cc(O)c(O)c(O)c1. The van der Waals surface area contributed by atoms with Crippen molar-refractivity contribution in [2.45, 2.75) is 30.7 Å². The number of carbonyl (C=O) groups excluding carboxylic acids is 4. The van der Waals surface area contributed by atoms with Gasteiger partial charge in [-0.25, -0.2) is 19.2 Å². The van der Waals surface area contributed by atoms with E-state index in [0.29, 0.717) is 24.3 Å². The molecule has 20 nitrogen and oxygen atoms in total. The predicted molar refractivity (Wildman–Crippen MR) is 191 cm³/mol. The Labute approximate surface area is 324 Å². The van der Waals surface area contributed by atoms with Crippen LogP contribution in [0.25, 0.3) is 12.2 Å². The normalized spacial score (nSPS) is 19.1. The fraction of sp³-hybridized carbons (Fsp3) is 0.158. The van der Waals surface area contributed by atoms with Gasteiger partial charge in [0.15, 0.2) is 75.8 Å². The summed E-state index contributed by atoms with van der Waals surface area (Å²) in [6.45, 7) is -0.924. The highest BCUT2D eigenvalue weighted by Crippen LogP contribution is 2.38. The Morgan fingerprint density at radius 3 is 1.41 bits per heavy atom. The lowest BCUT2D eigenvalue weighted by Gasteiger charge is -2.42. The van der Waals surface area contributed by atoms with E-state index in [-0.39, 0.29) is 11.1 Å². The van der Waals surface area contributed by atoms with Crippen LogP contribution in [0.5, 0.6) is 57.5 Å². The fourth-order valence-electron chi connectivity index (χ4n) is 5.21. The standard InChI is InChI=1S/C38H32O20/c39-20-5-1-16(9-22(20)41)3-7-29(47)54-15-28-34(57-36(52)18-11-24(43)31(49)25(44)12-18)35(58-37(53)19-13-26(45)32(50)27(46)14-19)33(51)38(55-28)56-30(48)8-4-17-2-6-21(40)23(42)10-17/h1-14,28,33-35,38-46,49-51H,15H2/b7-3+,8-4+/t28-,33-,34-,35-,38+/m1/s1. The number of benzene rings is 4. The summed E-state index contributed by atoms with van der Waals surface area (Å²) in [6.07, 6.45) is -6.43. The van der Waals surface area contributed by atoms with Crippen LogP contribution in [0, 0.1) is 0 Å². The van der Waals surface area contributed by atoms with Crippen LogP contribution in [0.1, 0.15) is 31.8 Å². The highest BCUT2D eigenvalue weighted by molar-refractivity contribution is 5.92. The van der Waals surface area contributed by atoms with Crippen LogP contribution in [0.4, 0.5) is 0 Å². The zero-order chi connectivity index (χ0) is 42.4. The summed E-state index contributed by atoms with van der Waals surface area (Å²) >= 11 is 0. The number of hydrogen-bond donors (Lipinski definition) is 11. The molecule has 11 N–H and O–H groups in total. The number of aliphatic hydroxyl groups excluding tert-OH is 1. The number of phenolic OH excluding ortho intramolecular Hbond substituents is 10. The molecule has 0 unspecified atom stereocenters. The van der Waals surface area contributed by atoms with E-state index in [1.54, 1.807) is 0 Å². The zero-order valence-electron chi connectivity index (χ0n) is 29.3. The third kappa shape index (κ3) is 9.69. The maximum Gasteiger partial charge on any atom is 0.338 e. The molecule has 0 aromatic heterocycles. The summed E-state index contributed by atoms with van der Waals surface area (Å²) in [7, 11) is 0. The molecule has 0 saturated carbocycles. The summed E-state index contributed by atoms with van der Waals surface area (Å²) in [5.74, 6) is -13.0. The first-order chi connectivity index (χ1) is 27.4. The van der Waals surface area contributed by atoms with Gasteiger partial charge in [-0.3, -0.25) is 0 Å². The molecule has 1 aliphatic rings. The second-order valence-corrected chi connectivity index (χ2v) is 12.2. The van der Waals surface area contributed by atoms with Gasteiger partial charge in [-0.2, -0.15) is 0 Å². The molecule has 0 bridgehead atoms. The number of aromatic hydroxyl groups is 10. The largest absolute Gasteiger partial charge is 0.504 e. The Kier molecular flexibility index (Phi) is 12.3. The van der Waals surface area contributed by atoms with Crippen LogP contribution in [0.15, 0.2) is 72.8 Å². The second kappa shape index (κ2) is 17.3. The third-order valence-corrected chi connectivity index (χ3v) is 8.16. The van der Waals surface area contributed by atoms with Gasteiger partial charge in [-0.15, -0.1) is 0 Å². The summed E-state index contributed by atoms with van der Waals surface area (Å²) in [6, 6.07) is 9.79. The van der Waals surface area contributed by atoms with Gasteiger partial charge in [0.05, 0.1) is 11.1 Å². The van der Waals surface area contributed by atoms with Crippen molar-refractivity contribution >= 4 is 36.0 Å². The number of phenols is 10. The number of rotatable bonds is 11. The molecular formula is C38H32O20. The van der Waals surface area contributed by atoms with Crippen molar-refractivity contribution in [3.05, 3.63) is 95.1 Å². The summed E-state index contributed by atoms with van der Waals surface area (Å²) in [5, 5.41) is 109. The lowest BCUT2D eigenvalue weighted by atomic mass is 9.98. The Balaban J connectivity index is 1.49. The molecule has 4 aromatic rings. The third-order valence-electron chi connectivity index (χ3n) is 8.16. The van der Waals surface area contributed by atoms with Gasteiger partial charge >= 0.3 is 23.9 Å². The number of aliphatic hydroxyl groups is 1. The van der Waals surface area contributed by atoms with Crippen molar-refractivity contribution in [3.63, 3.8) is 0 Å². The maximum atomic E-state index is 13.4. The number of hydrogen-bond acceptors (Lipinski definition) is 20. The molecule has 0 amide bonds. The van der Waals surface area contributed by atoms with E-state index >= 15 is 0 Å². The molecule has 0 aliphatic carbocycles. The zero-order valence-corrected chi connectivity index (χ0v) is 29.3. The molecule has 304 valence electrons. The molecule has 1 fully saturated rings. The summed E-state index contributed by atoms with van der Waals surface area (Å²) < 4.78 is 27.1. The van der Waals surface area contributed by atoms with Gasteiger partial charge in [0.25, 0.3) is 0 Å². The van der Waals surface area contributed by atoms with Gasteiger partial charge in [0.2, 0.25) is 6.29 Å². The quantitative estimate of drug-likeness (QED) is 0.0447. The Morgan fingerprint density at radius 1 is 0.534 bits per heavy atom. The van der Waals surface area contributed by atoms with Gasteiger partial charge in [0, 0.05) is 12.2 Å². The summed E-state index contributed by atoms with van der Waals surface area (Å²) in [5.41, 5.74) is -0.817. The minimum absolute atomic E-state index is 0.197. The molecule has 0 radical (unpaired) electrons. The van der Waals surface area contributed by atoms with Crippen molar-refractivity contribution in [2.75, 3.05) is 6.61 Å². The molecule has 5 atom stereocenters. The first-order valence-electron chi connectivity index (χ1n) is 16.4. The Morgan fingerprint density at radius 2 is 0.966 bits per heavy atom. The van der Waals surface area contributed by atoms with E-state index in [4.69, 9.17) is 23.7 Å². The molecule has 58 heavy (non-hydrogen) atoms. The Bertz CT molecular complexity index is 2180. The van der Waals surface area contributed by atoms with Gasteiger partial charge in [-0.05, 0) is 71.8 Å². The molecule has 5 rings (SSSR count). The van der Waals surface area contributed by atoms with Crippen LogP contribution in [0.3, 0.4) is 0 Å². The van der Waals surface area contributed by atoms with Crippen LogP contribution < -0.4 is 0 Å². The fourth-order valence-corrected chi connectivity index (χ4v) is 5.21. The highest BCUT2D eigenvalue weighted by atomic mass is 16.7. The molecule has 20 heteroatoms. The first-order valence-corrected chi connectivity index (χ1v) is 16.4. The average Bonchev–Trinajstić information content (AvgIpc) is 3.18. The minimum Gasteiger partial charge on any atom is -0.504 e. The molecule has 1 heterocycles. The Hall–Kier alpha value is -7.84. The van der Waals surface area contributed by atoms with Gasteiger partial charge < -0.3 is 79.9 Å². The van der Waals surface area contributed by atoms with E-state index in [0.717, 1.165) is 42.5 Å². The minimum atomic E-state index is -2.27. The van der Waals surface area contributed by atoms with Crippen molar-refractivity contribution in [1.82, 2.24) is 0 Å². The predicted octanol–water partition coefficient (Wildman–Crippen LogP) is 2.09. The van der Waals surface area contributed by atoms with E-state index in [9.17, 15) is 75.3 Å². The lowest BCUT2D eigenvalue weighted by Crippen LogP contribution is -2.62. The monoisotopic (exact) mass is 808 g/mol. The molecular weight excluding hydrogens is 776 g/mol. The van der Waals surface area contributed by atoms with Crippen molar-refractivity contribution in [3.8, 4) is 57.5 Å². The van der Waals surface area contributed by atoms with E-state index in [1.165, 1.54) is 18.2 Å². The first kappa shape index (κ1) is 41.3. The molecule has 4 aromatic carbocycles. The number of esters is 4. The van der Waals surface area contributed by atoms with Crippen LogP contribution in [-0.2, 0) is 33.3 Å². The second-order valence-electron chi connectivity index (χ2n) is 12.2. The molecule has 1 aliphatic heterocycles. The smallest absolute Gasteiger partial charge is 0.338 e. The average molecular weight is 809 g/mol. The maximum absolute atomic E-state index is 13.4.